The highest BCUT2D eigenvalue weighted by Crippen LogP contribution is 2.19. The molecular weight excluding hydrogens is 279 g/mol. The van der Waals surface area contributed by atoms with Gasteiger partial charge in [0.25, 0.3) is 15.7 Å². The second kappa shape index (κ2) is 5.74. The van der Waals surface area contributed by atoms with E-state index in [2.05, 4.69) is 0 Å². The number of sulfonamides is 1. The normalized spacial score (nSPS) is 11.1. The second-order valence-corrected chi connectivity index (χ2v) is 5.36. The Balaban J connectivity index is 3.14. The van der Waals surface area contributed by atoms with Crippen LogP contribution in [0, 0.1) is 15.9 Å². The van der Waals surface area contributed by atoms with Gasteiger partial charge < -0.3 is 0 Å². The van der Waals surface area contributed by atoms with Crippen molar-refractivity contribution in [3.05, 3.63) is 34.1 Å². The van der Waals surface area contributed by atoms with Crippen LogP contribution in [0.25, 0.3) is 0 Å². The molecule has 0 saturated carbocycles. The first-order chi connectivity index (χ1) is 8.76. The molecule has 7 nitrogen and oxygen atoms in total. The maximum atomic E-state index is 13.1. The molecule has 1 aromatic carbocycles. The van der Waals surface area contributed by atoms with Crippen LogP contribution in [-0.2, 0) is 14.8 Å². The Hall–Kier alpha value is -2.03. The topological polar surface area (TPSA) is 106 Å². The SMILES string of the molecule is CCCC(=O)NS(=O)(=O)c1cc(F)cc([N+](=O)[O-])c1. The molecule has 0 fully saturated rings. The number of halogens is 1. The van der Waals surface area contributed by atoms with Crippen molar-refractivity contribution in [1.82, 2.24) is 4.72 Å². The van der Waals surface area contributed by atoms with Crippen LogP contribution in [0.3, 0.4) is 0 Å². The lowest BCUT2D eigenvalue weighted by Gasteiger charge is -2.06. The molecule has 0 aliphatic rings. The highest BCUT2D eigenvalue weighted by atomic mass is 32.2. The monoisotopic (exact) mass is 290 g/mol. The Morgan fingerprint density at radius 2 is 2.05 bits per heavy atom. The van der Waals surface area contributed by atoms with E-state index in [0.717, 1.165) is 0 Å². The summed E-state index contributed by atoms with van der Waals surface area (Å²) in [5.41, 5.74) is -0.705. The molecule has 0 bridgehead atoms. The molecule has 1 amide bonds. The number of nitro benzene ring substituents is 1. The third kappa shape index (κ3) is 3.98. The Kier molecular flexibility index (Phi) is 4.54. The number of non-ortho nitro benzene ring substituents is 1. The number of hydrogen-bond donors (Lipinski definition) is 1. The molecule has 0 heterocycles. The van der Waals surface area contributed by atoms with Crippen LogP contribution in [0.4, 0.5) is 10.1 Å². The van der Waals surface area contributed by atoms with Gasteiger partial charge in [-0.25, -0.2) is 17.5 Å². The summed E-state index contributed by atoms with van der Waals surface area (Å²) in [4.78, 5) is 20.1. The van der Waals surface area contributed by atoms with Gasteiger partial charge in [-0.1, -0.05) is 6.92 Å². The van der Waals surface area contributed by atoms with Gasteiger partial charge in [-0.2, -0.15) is 0 Å². The molecule has 0 atom stereocenters. The molecule has 1 aromatic rings. The highest BCUT2D eigenvalue weighted by Gasteiger charge is 2.21. The van der Waals surface area contributed by atoms with Crippen molar-refractivity contribution in [3.63, 3.8) is 0 Å². The van der Waals surface area contributed by atoms with Gasteiger partial charge in [-0.15, -0.1) is 0 Å². The fourth-order valence-electron chi connectivity index (χ4n) is 1.30. The number of benzene rings is 1. The summed E-state index contributed by atoms with van der Waals surface area (Å²) in [6.07, 6.45) is 0.418. The lowest BCUT2D eigenvalue weighted by Crippen LogP contribution is -2.30. The number of rotatable bonds is 5. The molecular formula is C10H11FN2O5S. The molecule has 104 valence electrons. The molecule has 9 heteroatoms. The summed E-state index contributed by atoms with van der Waals surface area (Å²) in [5.74, 6) is -1.83. The summed E-state index contributed by atoms with van der Waals surface area (Å²) < 4.78 is 38.3. The smallest absolute Gasteiger partial charge is 0.273 e. The fourth-order valence-corrected chi connectivity index (χ4v) is 2.36. The van der Waals surface area contributed by atoms with E-state index in [1.807, 2.05) is 0 Å². The lowest BCUT2D eigenvalue weighted by molar-refractivity contribution is -0.385. The van der Waals surface area contributed by atoms with E-state index in [-0.39, 0.29) is 6.42 Å². The maximum absolute atomic E-state index is 13.1. The van der Waals surface area contributed by atoms with Crippen LogP contribution in [-0.4, -0.2) is 19.2 Å². The van der Waals surface area contributed by atoms with Crippen LogP contribution < -0.4 is 4.72 Å². The number of nitro groups is 1. The molecule has 0 saturated heterocycles. The predicted molar refractivity (Wildman–Crippen MR) is 63.3 cm³/mol. The summed E-state index contributed by atoms with van der Waals surface area (Å²) in [5, 5.41) is 10.5. The van der Waals surface area contributed by atoms with Crippen molar-refractivity contribution in [2.75, 3.05) is 0 Å². The Bertz CT molecular complexity index is 614. The molecule has 0 aromatic heterocycles. The number of hydrogen-bond acceptors (Lipinski definition) is 5. The molecule has 1 rings (SSSR count). The largest absolute Gasteiger partial charge is 0.274 e. The van der Waals surface area contributed by atoms with Gasteiger partial charge in [0.05, 0.1) is 15.9 Å². The van der Waals surface area contributed by atoms with Crippen molar-refractivity contribution in [1.29, 1.82) is 0 Å². The van der Waals surface area contributed by atoms with E-state index >= 15 is 0 Å². The molecule has 0 unspecified atom stereocenters. The first-order valence-corrected chi connectivity index (χ1v) is 6.75. The zero-order valence-electron chi connectivity index (χ0n) is 9.92. The molecule has 0 aliphatic heterocycles. The standard InChI is InChI=1S/C10H11FN2O5S/c1-2-3-10(14)12-19(17,18)9-5-7(11)4-8(6-9)13(15)16/h4-6H,2-3H2,1H3,(H,12,14). The van der Waals surface area contributed by atoms with Crippen molar-refractivity contribution < 1.29 is 22.5 Å². The minimum Gasteiger partial charge on any atom is -0.274 e. The van der Waals surface area contributed by atoms with Crippen molar-refractivity contribution >= 4 is 21.6 Å². The number of nitrogens with zero attached hydrogens (tertiary/aromatic N) is 1. The maximum Gasteiger partial charge on any atom is 0.273 e. The zero-order chi connectivity index (χ0) is 14.6. The van der Waals surface area contributed by atoms with Crippen molar-refractivity contribution in [2.24, 2.45) is 0 Å². The van der Waals surface area contributed by atoms with E-state index in [1.165, 1.54) is 0 Å². The lowest BCUT2D eigenvalue weighted by atomic mass is 10.3. The quantitative estimate of drug-likeness (QED) is 0.650. The van der Waals surface area contributed by atoms with E-state index in [9.17, 15) is 27.7 Å². The van der Waals surface area contributed by atoms with E-state index in [4.69, 9.17) is 0 Å². The van der Waals surface area contributed by atoms with Crippen molar-refractivity contribution in [2.45, 2.75) is 24.7 Å². The fraction of sp³-hybridized carbons (Fsp3) is 0.300. The molecule has 0 radical (unpaired) electrons. The minimum atomic E-state index is -4.30. The highest BCUT2D eigenvalue weighted by molar-refractivity contribution is 7.90. The summed E-state index contributed by atoms with van der Waals surface area (Å²) in [6.45, 7) is 1.68. The first kappa shape index (κ1) is 15.0. The average molecular weight is 290 g/mol. The first-order valence-electron chi connectivity index (χ1n) is 5.27. The predicted octanol–water partition coefficient (Wildman–Crippen LogP) is 1.34. The van der Waals surface area contributed by atoms with Crippen LogP contribution in [0.2, 0.25) is 0 Å². The number of carbonyl (C=O) groups excluding carboxylic acids is 1. The van der Waals surface area contributed by atoms with Gasteiger partial charge in [0.15, 0.2) is 0 Å². The summed E-state index contributed by atoms with van der Waals surface area (Å²) >= 11 is 0. The van der Waals surface area contributed by atoms with E-state index in [1.54, 1.807) is 11.6 Å². The van der Waals surface area contributed by atoms with Crippen molar-refractivity contribution in [3.8, 4) is 0 Å². The van der Waals surface area contributed by atoms with Crippen LogP contribution >= 0.6 is 0 Å². The average Bonchev–Trinajstić information content (AvgIpc) is 2.27. The number of amides is 1. The third-order valence-electron chi connectivity index (χ3n) is 2.10. The minimum absolute atomic E-state index is 0.0172. The Morgan fingerprint density at radius 1 is 1.42 bits per heavy atom. The zero-order valence-corrected chi connectivity index (χ0v) is 10.7. The summed E-state index contributed by atoms with van der Waals surface area (Å²) in [6, 6.07) is 1.88. The van der Waals surface area contributed by atoms with Gasteiger partial charge in [0, 0.05) is 12.5 Å². The second-order valence-electron chi connectivity index (χ2n) is 3.68. The van der Waals surface area contributed by atoms with Crippen LogP contribution in [0.5, 0.6) is 0 Å². The number of carbonyl (C=O) groups is 1. The number of nitrogens with one attached hydrogen (secondary N) is 1. The summed E-state index contributed by atoms with van der Waals surface area (Å²) in [7, 11) is -4.30. The molecule has 1 N–H and O–H groups in total. The van der Waals surface area contributed by atoms with E-state index < -0.39 is 37.3 Å². The van der Waals surface area contributed by atoms with Crippen LogP contribution in [0.1, 0.15) is 19.8 Å². The van der Waals surface area contributed by atoms with Gasteiger partial charge in [-0.05, 0) is 12.5 Å². The van der Waals surface area contributed by atoms with Gasteiger partial charge >= 0.3 is 0 Å². The van der Waals surface area contributed by atoms with Gasteiger partial charge in [0.2, 0.25) is 5.91 Å². The Labute approximate surface area is 108 Å². The van der Waals surface area contributed by atoms with Gasteiger partial charge in [-0.3, -0.25) is 14.9 Å². The van der Waals surface area contributed by atoms with Gasteiger partial charge in [0.1, 0.15) is 5.82 Å². The molecule has 0 aliphatic carbocycles. The third-order valence-corrected chi connectivity index (χ3v) is 3.46. The molecule has 0 spiro atoms. The van der Waals surface area contributed by atoms with E-state index in [0.29, 0.717) is 24.6 Å². The Morgan fingerprint density at radius 3 is 2.58 bits per heavy atom. The molecule has 19 heavy (non-hydrogen) atoms. The van der Waals surface area contributed by atoms with Crippen LogP contribution in [0.15, 0.2) is 23.1 Å².